The summed E-state index contributed by atoms with van der Waals surface area (Å²) in [5, 5.41) is 11.6. The average Bonchev–Trinajstić information content (AvgIpc) is 3.21. The van der Waals surface area contributed by atoms with E-state index >= 15 is 0 Å². The Labute approximate surface area is 367 Å². The lowest BCUT2D eigenvalue weighted by Gasteiger charge is -2.34. The number of carbonyl (C=O) groups is 3. The van der Waals surface area contributed by atoms with E-state index in [9.17, 15) is 19.5 Å². The Morgan fingerprint density at radius 2 is 0.933 bits per heavy atom. The number of aliphatic carboxylic acids is 1. The Bertz CT molecular complexity index is 1250. The van der Waals surface area contributed by atoms with Crippen molar-refractivity contribution in [1.82, 2.24) is 0 Å². The van der Waals surface area contributed by atoms with E-state index in [1.165, 1.54) is 57.8 Å². The van der Waals surface area contributed by atoms with Crippen LogP contribution in [0.1, 0.15) is 174 Å². The molecular formula is C52H87NO7. The lowest BCUT2D eigenvalue weighted by molar-refractivity contribution is -0.889. The topological polar surface area (TPSA) is 102 Å². The van der Waals surface area contributed by atoms with Crippen LogP contribution in [-0.2, 0) is 28.6 Å². The van der Waals surface area contributed by atoms with Gasteiger partial charge in [0, 0.05) is 19.3 Å². The number of carboxylic acid groups (broad SMARTS) is 1. The summed E-state index contributed by atoms with van der Waals surface area (Å²) in [5.74, 6) is -1.82. The van der Waals surface area contributed by atoms with Crippen LogP contribution < -0.4 is 5.11 Å². The molecule has 2 atom stereocenters. The van der Waals surface area contributed by atoms with Crippen molar-refractivity contribution in [2.24, 2.45) is 0 Å². The zero-order chi connectivity index (χ0) is 44.2. The van der Waals surface area contributed by atoms with Crippen LogP contribution in [0.3, 0.4) is 0 Å². The van der Waals surface area contributed by atoms with Gasteiger partial charge in [-0.1, -0.05) is 150 Å². The van der Waals surface area contributed by atoms with Gasteiger partial charge in [0.05, 0.1) is 40.3 Å². The van der Waals surface area contributed by atoms with Crippen LogP contribution in [0.25, 0.3) is 0 Å². The van der Waals surface area contributed by atoms with E-state index in [0.29, 0.717) is 12.8 Å². The van der Waals surface area contributed by atoms with Crippen LogP contribution in [-0.4, -0.2) is 75.5 Å². The second kappa shape index (κ2) is 42.2. The molecule has 60 heavy (non-hydrogen) atoms. The molecule has 0 amide bonds. The number of hydrogen-bond acceptors (Lipinski definition) is 7. The maximum absolute atomic E-state index is 12.7. The minimum Gasteiger partial charge on any atom is -0.544 e. The normalized spacial score (nSPS) is 13.7. The molecule has 0 aromatic rings. The number of carboxylic acids is 1. The van der Waals surface area contributed by atoms with Crippen molar-refractivity contribution in [1.29, 1.82) is 0 Å². The van der Waals surface area contributed by atoms with E-state index in [1.54, 1.807) is 21.1 Å². The Morgan fingerprint density at radius 3 is 1.43 bits per heavy atom. The van der Waals surface area contributed by atoms with Crippen LogP contribution in [0.15, 0.2) is 85.1 Å². The third-order valence-electron chi connectivity index (χ3n) is 10.0. The predicted molar refractivity (Wildman–Crippen MR) is 249 cm³/mol. The van der Waals surface area contributed by atoms with Gasteiger partial charge in [-0.25, -0.2) is 0 Å². The summed E-state index contributed by atoms with van der Waals surface area (Å²) in [4.78, 5) is 36.9. The third-order valence-corrected chi connectivity index (χ3v) is 10.0. The van der Waals surface area contributed by atoms with Gasteiger partial charge in [0.1, 0.15) is 12.6 Å². The highest BCUT2D eigenvalue weighted by molar-refractivity contribution is 5.70. The number of likely N-dealkylation sites (N-methyl/N-ethyl adjacent to an activating group) is 1. The molecule has 0 bridgehead atoms. The summed E-state index contributed by atoms with van der Waals surface area (Å²) in [6.07, 6.45) is 54.6. The first-order valence-corrected chi connectivity index (χ1v) is 23.6. The van der Waals surface area contributed by atoms with Gasteiger partial charge < -0.3 is 28.6 Å². The summed E-state index contributed by atoms with van der Waals surface area (Å²) < 4.78 is 17.1. The Hall–Kier alpha value is -3.49. The molecule has 0 aromatic heterocycles. The molecule has 0 aliphatic heterocycles. The van der Waals surface area contributed by atoms with E-state index in [0.717, 1.165) is 77.0 Å². The molecule has 0 aliphatic rings. The third kappa shape index (κ3) is 39.9. The van der Waals surface area contributed by atoms with E-state index < -0.39 is 18.1 Å². The van der Waals surface area contributed by atoms with Crippen molar-refractivity contribution in [3.8, 4) is 0 Å². The smallest absolute Gasteiger partial charge is 0.306 e. The van der Waals surface area contributed by atoms with Gasteiger partial charge in [-0.05, 0) is 89.9 Å². The molecular weight excluding hydrogens is 751 g/mol. The monoisotopic (exact) mass is 838 g/mol. The standard InChI is InChI=1S/C52H87NO7/c1-6-8-10-12-14-16-18-20-22-23-24-25-26-27-29-31-33-35-37-39-41-43-51(55)60-48(46-58-45-44-49(52(56)57)53(3,4)5)47-59-50(54)42-40-38-36-34-32-30-28-21-19-17-15-13-11-9-7-2/h14-17,19-22,24-25,27,29,33,35,48-49H,6-13,18,23,26,28,30-32,34,36-47H2,1-5H3/b16-14+,17-15+,21-19+,22-20+,25-24+,29-27+,35-33+. The highest BCUT2D eigenvalue weighted by Gasteiger charge is 2.25. The summed E-state index contributed by atoms with van der Waals surface area (Å²) >= 11 is 0. The summed E-state index contributed by atoms with van der Waals surface area (Å²) in [5.41, 5.74) is 0. The van der Waals surface area contributed by atoms with E-state index in [4.69, 9.17) is 14.2 Å². The molecule has 0 saturated carbocycles. The molecule has 0 radical (unpaired) electrons. The van der Waals surface area contributed by atoms with Crippen LogP contribution in [0.2, 0.25) is 0 Å². The number of nitrogens with zero attached hydrogens (tertiary/aromatic N) is 1. The Morgan fingerprint density at radius 1 is 0.517 bits per heavy atom. The summed E-state index contributed by atoms with van der Waals surface area (Å²) in [6, 6.07) is -0.740. The second-order valence-corrected chi connectivity index (χ2v) is 16.7. The maximum atomic E-state index is 12.7. The number of rotatable bonds is 41. The number of esters is 2. The van der Waals surface area contributed by atoms with Crippen molar-refractivity contribution < 1.29 is 38.2 Å². The SMILES string of the molecule is CCCCC/C=C/C=C/CCCCCCCCC(=O)OCC(COCCC(C(=O)[O-])[N+](C)(C)C)OC(=O)CCCC/C=C/C/C=C/C/C=C/C/C=C/C/C=C/CCCCC. The molecule has 0 aromatic carbocycles. The van der Waals surface area contributed by atoms with Gasteiger partial charge in [0.2, 0.25) is 0 Å². The molecule has 0 N–H and O–H groups in total. The molecule has 0 spiro atoms. The van der Waals surface area contributed by atoms with Crippen LogP contribution in [0, 0.1) is 0 Å². The number of quaternary nitrogens is 1. The number of ether oxygens (including phenoxy) is 3. The minimum absolute atomic E-state index is 0.0145. The average molecular weight is 838 g/mol. The van der Waals surface area contributed by atoms with E-state index in [1.807, 2.05) is 0 Å². The molecule has 8 heteroatoms. The molecule has 342 valence electrons. The zero-order valence-corrected chi connectivity index (χ0v) is 38.8. The van der Waals surface area contributed by atoms with Gasteiger partial charge in [-0.15, -0.1) is 0 Å². The number of unbranched alkanes of at least 4 members (excludes halogenated alkanes) is 14. The second-order valence-electron chi connectivity index (χ2n) is 16.7. The largest absolute Gasteiger partial charge is 0.544 e. The van der Waals surface area contributed by atoms with E-state index in [2.05, 4.69) is 98.9 Å². The number of hydrogen-bond donors (Lipinski definition) is 0. The fourth-order valence-electron chi connectivity index (χ4n) is 6.31. The molecule has 0 aliphatic carbocycles. The highest BCUT2D eigenvalue weighted by Crippen LogP contribution is 2.12. The Kier molecular flexibility index (Phi) is 39.8. The molecule has 0 saturated heterocycles. The lowest BCUT2D eigenvalue weighted by Crippen LogP contribution is -2.55. The fraction of sp³-hybridized carbons (Fsp3) is 0.673. The van der Waals surface area contributed by atoms with Crippen molar-refractivity contribution in [2.75, 3.05) is 41.0 Å². The van der Waals surface area contributed by atoms with Crippen molar-refractivity contribution in [2.45, 2.75) is 187 Å². The number of allylic oxidation sites excluding steroid dienone is 14. The first-order chi connectivity index (χ1) is 29.1. The van der Waals surface area contributed by atoms with Crippen LogP contribution in [0.4, 0.5) is 0 Å². The quantitative estimate of drug-likeness (QED) is 0.0199. The Balaban J connectivity index is 4.44. The van der Waals surface area contributed by atoms with Gasteiger partial charge in [-0.3, -0.25) is 9.59 Å². The van der Waals surface area contributed by atoms with Gasteiger partial charge in [-0.2, -0.15) is 0 Å². The highest BCUT2D eigenvalue weighted by atomic mass is 16.6. The maximum Gasteiger partial charge on any atom is 0.306 e. The van der Waals surface area contributed by atoms with Crippen LogP contribution >= 0.6 is 0 Å². The summed E-state index contributed by atoms with van der Waals surface area (Å²) in [7, 11) is 5.38. The van der Waals surface area contributed by atoms with Gasteiger partial charge >= 0.3 is 11.9 Å². The minimum atomic E-state index is -1.14. The lowest BCUT2D eigenvalue weighted by atomic mass is 10.1. The molecule has 0 fully saturated rings. The first kappa shape index (κ1) is 56.5. The van der Waals surface area contributed by atoms with Gasteiger partial charge in [0.25, 0.3) is 0 Å². The van der Waals surface area contributed by atoms with Gasteiger partial charge in [0.15, 0.2) is 6.10 Å². The van der Waals surface area contributed by atoms with Crippen molar-refractivity contribution >= 4 is 17.9 Å². The van der Waals surface area contributed by atoms with Crippen molar-refractivity contribution in [3.63, 3.8) is 0 Å². The zero-order valence-electron chi connectivity index (χ0n) is 38.8. The van der Waals surface area contributed by atoms with E-state index in [-0.39, 0.29) is 49.1 Å². The number of carbonyl (C=O) groups excluding carboxylic acids is 3. The van der Waals surface area contributed by atoms with Crippen molar-refractivity contribution in [3.05, 3.63) is 85.1 Å². The molecule has 0 heterocycles. The first-order valence-electron chi connectivity index (χ1n) is 23.6. The molecule has 2 unspecified atom stereocenters. The molecule has 8 nitrogen and oxygen atoms in total. The molecule has 0 rings (SSSR count). The predicted octanol–water partition coefficient (Wildman–Crippen LogP) is 12.0. The fourth-order valence-corrected chi connectivity index (χ4v) is 6.31. The van der Waals surface area contributed by atoms with Crippen LogP contribution in [0.5, 0.6) is 0 Å². The summed E-state index contributed by atoms with van der Waals surface area (Å²) in [6.45, 7) is 4.53.